The number of carbonyl (C=O) groups is 1. The average Bonchev–Trinajstić information content (AvgIpc) is 3.24. The highest BCUT2D eigenvalue weighted by Crippen LogP contribution is 2.31. The van der Waals surface area contributed by atoms with E-state index in [1.54, 1.807) is 11.8 Å². The van der Waals surface area contributed by atoms with Crippen LogP contribution in [0.1, 0.15) is 23.2 Å². The lowest BCUT2D eigenvalue weighted by Gasteiger charge is -2.26. The van der Waals surface area contributed by atoms with Gasteiger partial charge in [-0.25, -0.2) is 0 Å². The van der Waals surface area contributed by atoms with Gasteiger partial charge in [0, 0.05) is 17.3 Å². The SMILES string of the molecule is O=C(NC[C@@H]1COc2ccccc2O1)c1ccccc1SC[C@H]1CCCO1. The second-order valence-corrected chi connectivity index (χ2v) is 7.71. The Bertz CT molecular complexity index is 791. The van der Waals surface area contributed by atoms with Crippen molar-refractivity contribution < 1.29 is 19.0 Å². The monoisotopic (exact) mass is 385 g/mol. The summed E-state index contributed by atoms with van der Waals surface area (Å²) in [6.07, 6.45) is 2.32. The summed E-state index contributed by atoms with van der Waals surface area (Å²) < 4.78 is 17.3. The fraction of sp³-hybridized carbons (Fsp3) is 0.381. The van der Waals surface area contributed by atoms with Crippen molar-refractivity contribution in [2.45, 2.75) is 29.9 Å². The number of rotatable bonds is 6. The molecule has 0 bridgehead atoms. The first-order valence-electron chi connectivity index (χ1n) is 9.30. The van der Waals surface area contributed by atoms with E-state index < -0.39 is 0 Å². The van der Waals surface area contributed by atoms with Crippen LogP contribution in [0.3, 0.4) is 0 Å². The zero-order valence-electron chi connectivity index (χ0n) is 15.1. The normalized spacial score (nSPS) is 21.0. The van der Waals surface area contributed by atoms with Gasteiger partial charge in [-0.3, -0.25) is 4.79 Å². The minimum atomic E-state index is -0.199. The summed E-state index contributed by atoms with van der Waals surface area (Å²) in [5.41, 5.74) is 0.692. The van der Waals surface area contributed by atoms with E-state index in [2.05, 4.69) is 5.32 Å². The summed E-state index contributed by atoms with van der Waals surface area (Å²) in [4.78, 5) is 13.7. The molecule has 0 radical (unpaired) electrons. The number of thioether (sulfide) groups is 1. The first kappa shape index (κ1) is 18.2. The van der Waals surface area contributed by atoms with Gasteiger partial charge in [0.05, 0.1) is 18.2 Å². The highest BCUT2D eigenvalue weighted by atomic mass is 32.2. The molecule has 0 aliphatic carbocycles. The molecule has 4 rings (SSSR count). The second kappa shape index (κ2) is 8.67. The van der Waals surface area contributed by atoms with E-state index in [0.717, 1.165) is 41.6 Å². The molecule has 2 aliphatic heterocycles. The van der Waals surface area contributed by atoms with E-state index in [1.165, 1.54) is 0 Å². The Labute approximate surface area is 163 Å². The lowest BCUT2D eigenvalue weighted by molar-refractivity contribution is 0.0787. The number of nitrogens with one attached hydrogen (secondary N) is 1. The summed E-state index contributed by atoms with van der Waals surface area (Å²) in [5.74, 6) is 2.25. The van der Waals surface area contributed by atoms with Crippen molar-refractivity contribution in [3.05, 3.63) is 54.1 Å². The van der Waals surface area contributed by atoms with Gasteiger partial charge in [-0.2, -0.15) is 0 Å². The summed E-state index contributed by atoms with van der Waals surface area (Å²) in [6.45, 7) is 1.67. The minimum absolute atomic E-state index is 0.0899. The quantitative estimate of drug-likeness (QED) is 0.771. The minimum Gasteiger partial charge on any atom is -0.486 e. The molecule has 0 saturated carbocycles. The zero-order chi connectivity index (χ0) is 18.5. The van der Waals surface area contributed by atoms with Gasteiger partial charge in [-0.1, -0.05) is 24.3 Å². The fourth-order valence-electron chi connectivity index (χ4n) is 3.20. The van der Waals surface area contributed by atoms with Gasteiger partial charge in [-0.05, 0) is 37.1 Å². The van der Waals surface area contributed by atoms with Crippen LogP contribution < -0.4 is 14.8 Å². The fourth-order valence-corrected chi connectivity index (χ4v) is 4.32. The molecule has 5 nitrogen and oxygen atoms in total. The molecular formula is C21H23NO4S. The van der Waals surface area contributed by atoms with Crippen molar-refractivity contribution in [1.29, 1.82) is 0 Å². The lowest BCUT2D eigenvalue weighted by atomic mass is 10.2. The molecule has 1 amide bonds. The van der Waals surface area contributed by atoms with Crippen molar-refractivity contribution in [2.24, 2.45) is 0 Å². The van der Waals surface area contributed by atoms with Gasteiger partial charge < -0.3 is 19.5 Å². The number of benzene rings is 2. The van der Waals surface area contributed by atoms with Gasteiger partial charge in [-0.15, -0.1) is 11.8 Å². The molecule has 0 unspecified atom stereocenters. The van der Waals surface area contributed by atoms with E-state index in [4.69, 9.17) is 14.2 Å². The van der Waals surface area contributed by atoms with Gasteiger partial charge in [0.1, 0.15) is 12.7 Å². The van der Waals surface area contributed by atoms with E-state index in [0.29, 0.717) is 24.8 Å². The molecule has 1 N–H and O–H groups in total. The molecule has 27 heavy (non-hydrogen) atoms. The molecule has 2 heterocycles. The number of hydrogen-bond acceptors (Lipinski definition) is 5. The first-order chi connectivity index (χ1) is 13.3. The highest BCUT2D eigenvalue weighted by molar-refractivity contribution is 7.99. The van der Waals surface area contributed by atoms with Gasteiger partial charge >= 0.3 is 0 Å². The van der Waals surface area contributed by atoms with Crippen LogP contribution in [0.4, 0.5) is 0 Å². The van der Waals surface area contributed by atoms with Gasteiger partial charge in [0.2, 0.25) is 0 Å². The third kappa shape index (κ3) is 4.57. The summed E-state index contributed by atoms with van der Waals surface area (Å²) in [7, 11) is 0. The predicted octanol–water partition coefficient (Wildman–Crippen LogP) is 3.53. The number of carbonyl (C=O) groups excluding carboxylic acids is 1. The van der Waals surface area contributed by atoms with E-state index in [-0.39, 0.29) is 12.0 Å². The smallest absolute Gasteiger partial charge is 0.252 e. The number of para-hydroxylation sites is 2. The van der Waals surface area contributed by atoms with Crippen LogP contribution in [-0.4, -0.2) is 43.6 Å². The van der Waals surface area contributed by atoms with Crippen molar-refractivity contribution in [3.8, 4) is 11.5 Å². The standard InChI is InChI=1S/C21H23NO4S/c23-21(22-12-16-13-25-18-8-2-3-9-19(18)26-16)17-7-1-4-10-20(17)27-14-15-6-5-11-24-15/h1-4,7-10,15-16H,5-6,11-14H2,(H,22,23)/t15-,16-/m1/s1. The molecule has 2 aromatic carbocycles. The Kier molecular flexibility index (Phi) is 5.84. The topological polar surface area (TPSA) is 56.8 Å². The maximum atomic E-state index is 12.7. The van der Waals surface area contributed by atoms with Crippen molar-refractivity contribution >= 4 is 17.7 Å². The van der Waals surface area contributed by atoms with Crippen molar-refractivity contribution in [2.75, 3.05) is 25.5 Å². The van der Waals surface area contributed by atoms with Crippen molar-refractivity contribution in [3.63, 3.8) is 0 Å². The number of ether oxygens (including phenoxy) is 3. The molecule has 1 fully saturated rings. The largest absolute Gasteiger partial charge is 0.486 e. The zero-order valence-corrected chi connectivity index (χ0v) is 15.9. The highest BCUT2D eigenvalue weighted by Gasteiger charge is 2.22. The number of fused-ring (bicyclic) bond motifs is 1. The van der Waals surface area contributed by atoms with Crippen LogP contribution in [-0.2, 0) is 4.74 Å². The molecular weight excluding hydrogens is 362 g/mol. The molecule has 2 aromatic rings. The number of amides is 1. The Morgan fingerprint density at radius 2 is 1.89 bits per heavy atom. The van der Waals surface area contributed by atoms with Gasteiger partial charge in [0.15, 0.2) is 11.5 Å². The first-order valence-corrected chi connectivity index (χ1v) is 10.3. The third-order valence-electron chi connectivity index (χ3n) is 4.64. The maximum absolute atomic E-state index is 12.7. The van der Waals surface area contributed by atoms with E-state index >= 15 is 0 Å². The Morgan fingerprint density at radius 1 is 1.07 bits per heavy atom. The molecule has 0 spiro atoms. The average molecular weight is 385 g/mol. The van der Waals surface area contributed by atoms with Crippen LogP contribution in [0.2, 0.25) is 0 Å². The third-order valence-corrected chi connectivity index (χ3v) is 5.84. The molecule has 6 heteroatoms. The molecule has 1 saturated heterocycles. The van der Waals surface area contributed by atoms with Crippen LogP contribution in [0, 0.1) is 0 Å². The van der Waals surface area contributed by atoms with Crippen LogP contribution in [0.15, 0.2) is 53.4 Å². The Morgan fingerprint density at radius 3 is 2.74 bits per heavy atom. The Hall–Kier alpha value is -2.18. The lowest BCUT2D eigenvalue weighted by Crippen LogP contribution is -2.40. The summed E-state index contributed by atoms with van der Waals surface area (Å²) in [6, 6.07) is 15.3. The molecule has 2 aliphatic rings. The van der Waals surface area contributed by atoms with Crippen LogP contribution >= 0.6 is 11.8 Å². The second-order valence-electron chi connectivity index (χ2n) is 6.65. The van der Waals surface area contributed by atoms with Crippen LogP contribution in [0.5, 0.6) is 11.5 Å². The Balaban J connectivity index is 1.33. The molecule has 0 aromatic heterocycles. The van der Waals surface area contributed by atoms with Crippen molar-refractivity contribution in [1.82, 2.24) is 5.32 Å². The van der Waals surface area contributed by atoms with E-state index in [9.17, 15) is 4.79 Å². The molecule has 142 valence electrons. The molecule has 2 atom stereocenters. The maximum Gasteiger partial charge on any atom is 0.252 e. The predicted molar refractivity (Wildman–Crippen MR) is 105 cm³/mol. The van der Waals surface area contributed by atoms with Crippen LogP contribution in [0.25, 0.3) is 0 Å². The summed E-state index contributed by atoms with van der Waals surface area (Å²) in [5, 5.41) is 2.98. The summed E-state index contributed by atoms with van der Waals surface area (Å²) >= 11 is 1.68. The van der Waals surface area contributed by atoms with Gasteiger partial charge in [0.25, 0.3) is 5.91 Å². The van der Waals surface area contributed by atoms with E-state index in [1.807, 2.05) is 48.5 Å². The number of hydrogen-bond donors (Lipinski definition) is 1.